The predicted molar refractivity (Wildman–Crippen MR) is 118 cm³/mol. The monoisotopic (exact) mass is 360 g/mol. The van der Waals surface area contributed by atoms with Crippen LogP contribution in [0.5, 0.6) is 0 Å². The van der Waals surface area contributed by atoms with Crippen molar-refractivity contribution in [1.29, 1.82) is 0 Å². The summed E-state index contributed by atoms with van der Waals surface area (Å²) in [5.41, 5.74) is 1.47. The first kappa shape index (κ1) is 23.9. The first-order valence-electron chi connectivity index (χ1n) is 10.2. The number of benzene rings is 1. The van der Waals surface area contributed by atoms with Crippen LogP contribution in [-0.2, 0) is 12.8 Å². The molecule has 25 heavy (non-hydrogen) atoms. The average Bonchev–Trinajstić information content (AvgIpc) is 3.18. The number of hydrogen-bond donors (Lipinski definition) is 0. The number of aryl methyl sites for hydroxylation is 1. The Morgan fingerprint density at radius 1 is 0.840 bits per heavy atom. The van der Waals surface area contributed by atoms with E-state index in [1.807, 2.05) is 25.2 Å². The quantitative estimate of drug-likeness (QED) is 0.414. The molecule has 142 valence electrons. The van der Waals surface area contributed by atoms with Gasteiger partial charge in [-0.3, -0.25) is 0 Å². The lowest BCUT2D eigenvalue weighted by Crippen LogP contribution is -2.09. The van der Waals surface area contributed by atoms with Gasteiger partial charge in [-0.05, 0) is 48.1 Å². The first-order chi connectivity index (χ1) is 12.2. The third kappa shape index (κ3) is 12.0. The molecule has 0 saturated heterocycles. The summed E-state index contributed by atoms with van der Waals surface area (Å²) in [7, 11) is 0. The molecular formula is C24H40S. The van der Waals surface area contributed by atoms with Crippen LogP contribution < -0.4 is 0 Å². The van der Waals surface area contributed by atoms with Gasteiger partial charge in [0.25, 0.3) is 0 Å². The van der Waals surface area contributed by atoms with Crippen molar-refractivity contribution in [2.45, 2.75) is 80.1 Å². The van der Waals surface area contributed by atoms with E-state index < -0.39 is 0 Å². The molecule has 1 heteroatoms. The summed E-state index contributed by atoms with van der Waals surface area (Å²) < 4.78 is 0. The molecule has 0 fully saturated rings. The van der Waals surface area contributed by atoms with E-state index in [1.165, 1.54) is 49.0 Å². The Kier molecular flexibility index (Phi) is 15.7. The van der Waals surface area contributed by atoms with E-state index in [2.05, 4.69) is 75.5 Å². The van der Waals surface area contributed by atoms with Crippen LogP contribution in [0.15, 0.2) is 47.8 Å². The van der Waals surface area contributed by atoms with E-state index in [1.54, 1.807) is 0 Å². The Morgan fingerprint density at radius 2 is 1.52 bits per heavy atom. The Balaban J connectivity index is 0.000000430. The van der Waals surface area contributed by atoms with Gasteiger partial charge < -0.3 is 0 Å². The summed E-state index contributed by atoms with van der Waals surface area (Å²) >= 11 is 1.87. The Labute approximate surface area is 161 Å². The lowest BCUT2D eigenvalue weighted by Gasteiger charge is -2.17. The summed E-state index contributed by atoms with van der Waals surface area (Å²) in [6.45, 7) is 13.2. The number of hydrogen-bond acceptors (Lipinski definition) is 1. The van der Waals surface area contributed by atoms with Gasteiger partial charge in [-0.2, -0.15) is 0 Å². The molecule has 0 nitrogen and oxygen atoms in total. The second kappa shape index (κ2) is 16.4. The summed E-state index contributed by atoms with van der Waals surface area (Å²) in [5, 5.41) is 2.15. The summed E-state index contributed by atoms with van der Waals surface area (Å²) in [5.74, 6) is 1.63. The third-order valence-electron chi connectivity index (χ3n) is 4.62. The summed E-state index contributed by atoms with van der Waals surface area (Å²) in [6.07, 6.45) is 7.84. The minimum absolute atomic E-state index is 0.799. The zero-order valence-corrected chi connectivity index (χ0v) is 18.2. The largest absolute Gasteiger partial charge is 0.149 e. The molecule has 2 aromatic rings. The van der Waals surface area contributed by atoms with Gasteiger partial charge in [-0.25, -0.2) is 0 Å². The molecule has 0 aliphatic heterocycles. The van der Waals surface area contributed by atoms with Crippen LogP contribution in [0, 0.1) is 11.8 Å². The van der Waals surface area contributed by atoms with Gasteiger partial charge in [0.1, 0.15) is 0 Å². The number of rotatable bonds is 8. The molecule has 0 N–H and O–H groups in total. The molecule has 0 spiro atoms. The van der Waals surface area contributed by atoms with Crippen molar-refractivity contribution in [3.05, 3.63) is 58.3 Å². The lowest BCUT2D eigenvalue weighted by molar-refractivity contribution is 0.375. The maximum absolute atomic E-state index is 2.35. The van der Waals surface area contributed by atoms with Gasteiger partial charge in [0, 0.05) is 4.88 Å². The zero-order chi connectivity index (χ0) is 18.9. The molecule has 1 heterocycles. The van der Waals surface area contributed by atoms with Crippen molar-refractivity contribution in [1.82, 2.24) is 0 Å². The fraction of sp³-hybridized carbons (Fsp3) is 0.583. The van der Waals surface area contributed by atoms with E-state index in [4.69, 9.17) is 0 Å². The Bertz CT molecular complexity index is 472. The van der Waals surface area contributed by atoms with Gasteiger partial charge in [0.05, 0.1) is 0 Å². The maximum Gasteiger partial charge on any atom is 0.00452 e. The molecule has 0 bridgehead atoms. The van der Waals surface area contributed by atoms with Crippen LogP contribution in [-0.4, -0.2) is 0 Å². The van der Waals surface area contributed by atoms with Crippen LogP contribution >= 0.6 is 11.3 Å². The number of unbranched alkanes of at least 4 members (excludes halogenated alkanes) is 2. The van der Waals surface area contributed by atoms with Crippen molar-refractivity contribution >= 4 is 11.3 Å². The van der Waals surface area contributed by atoms with Crippen molar-refractivity contribution in [3.8, 4) is 0 Å². The highest BCUT2D eigenvalue weighted by Gasteiger charge is 2.10. The van der Waals surface area contributed by atoms with Crippen molar-refractivity contribution in [2.24, 2.45) is 11.8 Å². The molecule has 0 aliphatic rings. The standard InChI is InChI=1S/C13H20.C9H14S.C2H6/c1-4-11(2)12(3)10-13-8-6-5-7-9-13;1-2-3-4-6-9-7-5-8-10-9;1-2/h5-9,11-12H,4,10H2,1-3H3;5,7-8H,2-4,6H2,1H3;1-2H3. The minimum Gasteiger partial charge on any atom is -0.149 e. The van der Waals surface area contributed by atoms with Crippen LogP contribution in [0.4, 0.5) is 0 Å². The minimum atomic E-state index is 0.799. The van der Waals surface area contributed by atoms with Crippen LogP contribution in [0.25, 0.3) is 0 Å². The highest BCUT2D eigenvalue weighted by atomic mass is 32.1. The smallest absolute Gasteiger partial charge is 0.00452 e. The zero-order valence-electron chi connectivity index (χ0n) is 17.4. The van der Waals surface area contributed by atoms with Gasteiger partial charge >= 0.3 is 0 Å². The fourth-order valence-corrected chi connectivity index (χ4v) is 3.34. The molecular weight excluding hydrogens is 320 g/mol. The van der Waals surface area contributed by atoms with Gasteiger partial charge in [-0.15, -0.1) is 11.3 Å². The number of thiophene rings is 1. The normalized spacial score (nSPS) is 12.2. The SMILES string of the molecule is CC.CCC(C)C(C)Cc1ccccc1.CCCCCc1cccs1. The van der Waals surface area contributed by atoms with Crippen LogP contribution in [0.2, 0.25) is 0 Å². The van der Waals surface area contributed by atoms with Crippen molar-refractivity contribution in [2.75, 3.05) is 0 Å². The summed E-state index contributed by atoms with van der Waals surface area (Å²) in [4.78, 5) is 1.54. The molecule has 1 aromatic carbocycles. The average molecular weight is 361 g/mol. The van der Waals surface area contributed by atoms with Gasteiger partial charge in [0.15, 0.2) is 0 Å². The van der Waals surface area contributed by atoms with E-state index in [-0.39, 0.29) is 0 Å². The predicted octanol–water partition coefficient (Wildman–Crippen LogP) is 8.42. The van der Waals surface area contributed by atoms with E-state index >= 15 is 0 Å². The van der Waals surface area contributed by atoms with E-state index in [0.29, 0.717) is 0 Å². The summed E-state index contributed by atoms with van der Waals surface area (Å²) in [6, 6.07) is 15.1. The molecule has 2 rings (SSSR count). The van der Waals surface area contributed by atoms with Crippen molar-refractivity contribution in [3.63, 3.8) is 0 Å². The molecule has 1 aromatic heterocycles. The third-order valence-corrected chi connectivity index (χ3v) is 5.56. The van der Waals surface area contributed by atoms with Gasteiger partial charge in [0.2, 0.25) is 0 Å². The molecule has 2 unspecified atom stereocenters. The van der Waals surface area contributed by atoms with Crippen LogP contribution in [0.3, 0.4) is 0 Å². The Hall–Kier alpha value is -1.08. The lowest BCUT2D eigenvalue weighted by atomic mass is 9.88. The van der Waals surface area contributed by atoms with Crippen LogP contribution in [0.1, 0.15) is 77.7 Å². The van der Waals surface area contributed by atoms with E-state index in [0.717, 1.165) is 11.8 Å². The molecule has 0 radical (unpaired) electrons. The maximum atomic E-state index is 2.35. The molecule has 0 aliphatic carbocycles. The molecule has 0 amide bonds. The fourth-order valence-electron chi connectivity index (χ4n) is 2.59. The second-order valence-electron chi connectivity index (χ2n) is 6.59. The second-order valence-corrected chi connectivity index (χ2v) is 7.62. The first-order valence-corrected chi connectivity index (χ1v) is 11.1. The highest BCUT2D eigenvalue weighted by molar-refractivity contribution is 7.09. The molecule has 0 saturated carbocycles. The highest BCUT2D eigenvalue weighted by Crippen LogP contribution is 2.19. The topological polar surface area (TPSA) is 0 Å². The van der Waals surface area contributed by atoms with Gasteiger partial charge in [-0.1, -0.05) is 97.2 Å². The molecule has 2 atom stereocenters. The Morgan fingerprint density at radius 3 is 2.04 bits per heavy atom. The van der Waals surface area contributed by atoms with Crippen molar-refractivity contribution < 1.29 is 0 Å². The van der Waals surface area contributed by atoms with E-state index in [9.17, 15) is 0 Å².